The predicted molar refractivity (Wildman–Crippen MR) is 168 cm³/mol. The van der Waals surface area contributed by atoms with Crippen LogP contribution in [0.15, 0.2) is 42.5 Å². The van der Waals surface area contributed by atoms with Crippen LogP contribution in [-0.2, 0) is 12.6 Å². The van der Waals surface area contributed by atoms with Crippen LogP contribution < -0.4 is 25.8 Å². The SMILES string of the molecule is Cc1c(C)c2c(c(C)c1O)CCC(C)(CCCCOc1ccc(NC(=O)c3ccc(NC(=N)N)cc3)cc1C(F)(F)F)O2.Cl. The highest BCUT2D eigenvalue weighted by molar-refractivity contribution is 6.04. The standard InChI is InChI=1S/C32H37F3N4O4.ClH/c1-18-19(2)28-24(20(3)27(18)40)13-15-31(4,43-28)14-5-6-16-42-26-12-11-23(17-25(26)32(33,34)35)38-29(41)21-7-9-22(10-8-21)39-30(36)37;/h7-12,17,40H,5-6,13-16H2,1-4H3,(H,38,41)(H4,36,37,39);1H. The van der Waals surface area contributed by atoms with Crippen molar-refractivity contribution in [1.29, 1.82) is 5.41 Å². The van der Waals surface area contributed by atoms with E-state index in [1.165, 1.54) is 36.4 Å². The van der Waals surface area contributed by atoms with Crippen LogP contribution in [-0.4, -0.2) is 29.2 Å². The minimum absolute atomic E-state index is 0. The largest absolute Gasteiger partial charge is 0.507 e. The Morgan fingerprint density at radius 3 is 2.34 bits per heavy atom. The highest BCUT2D eigenvalue weighted by Gasteiger charge is 2.36. The number of benzene rings is 3. The van der Waals surface area contributed by atoms with E-state index in [1.54, 1.807) is 0 Å². The van der Waals surface area contributed by atoms with Gasteiger partial charge in [0.15, 0.2) is 5.96 Å². The molecule has 1 unspecified atom stereocenters. The minimum Gasteiger partial charge on any atom is -0.507 e. The molecule has 1 aliphatic heterocycles. The summed E-state index contributed by atoms with van der Waals surface area (Å²) >= 11 is 0. The minimum atomic E-state index is -4.69. The Kier molecular flexibility index (Phi) is 10.7. The molecule has 44 heavy (non-hydrogen) atoms. The molecule has 1 heterocycles. The summed E-state index contributed by atoms with van der Waals surface area (Å²) in [5.41, 5.74) is 8.18. The van der Waals surface area contributed by atoms with Gasteiger partial charge in [-0.25, -0.2) is 0 Å². The Morgan fingerprint density at radius 1 is 1.05 bits per heavy atom. The molecule has 0 bridgehead atoms. The van der Waals surface area contributed by atoms with Gasteiger partial charge in [0.1, 0.15) is 22.8 Å². The maximum Gasteiger partial charge on any atom is 0.420 e. The second kappa shape index (κ2) is 13.7. The van der Waals surface area contributed by atoms with Gasteiger partial charge < -0.3 is 30.9 Å². The first kappa shape index (κ1) is 34.4. The zero-order chi connectivity index (χ0) is 31.5. The fourth-order valence-electron chi connectivity index (χ4n) is 5.27. The number of carbonyl (C=O) groups excluding carboxylic acids is 1. The van der Waals surface area contributed by atoms with Crippen LogP contribution in [0.4, 0.5) is 24.5 Å². The fraction of sp³-hybridized carbons (Fsp3) is 0.375. The summed E-state index contributed by atoms with van der Waals surface area (Å²) in [5, 5.41) is 22.7. The Morgan fingerprint density at radius 2 is 1.70 bits per heavy atom. The molecule has 0 saturated heterocycles. The van der Waals surface area contributed by atoms with Crippen molar-refractivity contribution in [1.82, 2.24) is 0 Å². The van der Waals surface area contributed by atoms with E-state index in [0.717, 1.165) is 46.9 Å². The number of unbranched alkanes of at least 4 members (excludes halogenated alkanes) is 1. The number of hydrogen-bond acceptors (Lipinski definition) is 5. The second-order valence-corrected chi connectivity index (χ2v) is 11.2. The first-order valence-electron chi connectivity index (χ1n) is 14.1. The van der Waals surface area contributed by atoms with Crippen LogP contribution in [0.2, 0.25) is 0 Å². The van der Waals surface area contributed by atoms with Gasteiger partial charge in [0.2, 0.25) is 0 Å². The number of aromatic hydroxyl groups is 1. The predicted octanol–water partition coefficient (Wildman–Crippen LogP) is 7.65. The van der Waals surface area contributed by atoms with Crippen molar-refractivity contribution in [2.24, 2.45) is 5.73 Å². The van der Waals surface area contributed by atoms with Gasteiger partial charge in [0.05, 0.1) is 12.2 Å². The molecule has 0 aliphatic carbocycles. The van der Waals surface area contributed by atoms with Gasteiger partial charge in [0, 0.05) is 22.5 Å². The molecule has 3 aromatic carbocycles. The van der Waals surface area contributed by atoms with Crippen molar-refractivity contribution >= 4 is 35.6 Å². The van der Waals surface area contributed by atoms with Gasteiger partial charge in [0.25, 0.3) is 5.91 Å². The number of guanidine groups is 1. The maximum absolute atomic E-state index is 13.9. The molecule has 8 nitrogen and oxygen atoms in total. The topological polar surface area (TPSA) is 130 Å². The van der Waals surface area contributed by atoms with Crippen LogP contribution in [0.5, 0.6) is 17.2 Å². The Hall–Kier alpha value is -4.12. The third kappa shape index (κ3) is 7.88. The van der Waals surface area contributed by atoms with E-state index in [9.17, 15) is 23.1 Å². The first-order valence-corrected chi connectivity index (χ1v) is 14.1. The molecule has 238 valence electrons. The molecule has 3 aromatic rings. The van der Waals surface area contributed by atoms with E-state index in [1.807, 2.05) is 27.7 Å². The number of ether oxygens (including phenoxy) is 2. The quantitative estimate of drug-likeness (QED) is 0.0934. The van der Waals surface area contributed by atoms with Crippen molar-refractivity contribution in [3.8, 4) is 17.2 Å². The van der Waals surface area contributed by atoms with E-state index in [0.29, 0.717) is 30.7 Å². The fourth-order valence-corrected chi connectivity index (χ4v) is 5.27. The van der Waals surface area contributed by atoms with E-state index in [2.05, 4.69) is 10.6 Å². The Labute approximate surface area is 261 Å². The molecule has 0 radical (unpaired) electrons. The number of anilines is 2. The maximum atomic E-state index is 13.9. The third-order valence-electron chi connectivity index (χ3n) is 7.92. The number of hydrogen-bond donors (Lipinski definition) is 5. The number of fused-ring (bicyclic) bond motifs is 1. The summed E-state index contributed by atoms with van der Waals surface area (Å²) in [5.74, 6) is -0.0266. The van der Waals surface area contributed by atoms with Crippen molar-refractivity contribution in [3.63, 3.8) is 0 Å². The summed E-state index contributed by atoms with van der Waals surface area (Å²) in [6, 6.07) is 9.43. The lowest BCUT2D eigenvalue weighted by atomic mass is 9.85. The molecule has 0 fully saturated rings. The Balaban J connectivity index is 0.00000529. The highest BCUT2D eigenvalue weighted by atomic mass is 35.5. The zero-order valence-electron chi connectivity index (χ0n) is 25.1. The molecule has 1 amide bonds. The molecule has 12 heteroatoms. The van der Waals surface area contributed by atoms with Crippen molar-refractivity contribution in [2.45, 2.75) is 71.6 Å². The lowest BCUT2D eigenvalue weighted by Gasteiger charge is -2.38. The summed E-state index contributed by atoms with van der Waals surface area (Å²) in [7, 11) is 0. The van der Waals surface area contributed by atoms with E-state index < -0.39 is 23.2 Å². The van der Waals surface area contributed by atoms with Crippen LogP contribution in [0, 0.1) is 26.2 Å². The number of carbonyl (C=O) groups is 1. The van der Waals surface area contributed by atoms with E-state index in [4.69, 9.17) is 20.6 Å². The molecule has 0 saturated carbocycles. The van der Waals surface area contributed by atoms with E-state index in [-0.39, 0.29) is 42.0 Å². The molecule has 0 spiro atoms. The molecular weight excluding hydrogens is 597 g/mol. The number of rotatable bonds is 9. The molecule has 4 rings (SSSR count). The third-order valence-corrected chi connectivity index (χ3v) is 7.92. The second-order valence-electron chi connectivity index (χ2n) is 11.2. The van der Waals surface area contributed by atoms with Gasteiger partial charge in [-0.1, -0.05) is 0 Å². The molecule has 6 N–H and O–H groups in total. The van der Waals surface area contributed by atoms with Gasteiger partial charge in [-0.3, -0.25) is 10.2 Å². The van der Waals surface area contributed by atoms with Crippen LogP contribution in [0.25, 0.3) is 0 Å². The van der Waals surface area contributed by atoms with Crippen LogP contribution >= 0.6 is 12.4 Å². The number of alkyl halides is 3. The summed E-state index contributed by atoms with van der Waals surface area (Å²) < 4.78 is 53.6. The molecule has 1 atom stereocenters. The Bertz CT molecular complexity index is 1530. The van der Waals surface area contributed by atoms with Gasteiger partial charge in [-0.15, -0.1) is 12.4 Å². The lowest BCUT2D eigenvalue weighted by molar-refractivity contribution is -0.138. The number of nitrogens with two attached hydrogens (primary N) is 1. The van der Waals surface area contributed by atoms with Crippen LogP contribution in [0.3, 0.4) is 0 Å². The van der Waals surface area contributed by atoms with Gasteiger partial charge >= 0.3 is 6.18 Å². The zero-order valence-corrected chi connectivity index (χ0v) is 25.9. The summed E-state index contributed by atoms with van der Waals surface area (Å²) in [6.07, 6.45) is -1.20. The van der Waals surface area contributed by atoms with Crippen molar-refractivity contribution in [3.05, 3.63) is 75.8 Å². The number of halogens is 4. The number of phenols is 1. The molecular formula is C32H38ClF3N4O4. The van der Waals surface area contributed by atoms with Gasteiger partial charge in [-0.05, 0) is 119 Å². The molecule has 1 aliphatic rings. The summed E-state index contributed by atoms with van der Waals surface area (Å²) in [4.78, 5) is 12.6. The summed E-state index contributed by atoms with van der Waals surface area (Å²) in [6.45, 7) is 7.84. The van der Waals surface area contributed by atoms with Crippen molar-refractivity contribution < 1.29 is 32.5 Å². The van der Waals surface area contributed by atoms with Crippen LogP contribution in [0.1, 0.15) is 70.8 Å². The normalized spacial score (nSPS) is 15.8. The molecule has 0 aromatic heterocycles. The average molecular weight is 635 g/mol. The van der Waals surface area contributed by atoms with Gasteiger partial charge in [-0.2, -0.15) is 13.2 Å². The smallest absolute Gasteiger partial charge is 0.420 e. The first-order chi connectivity index (χ1) is 20.2. The number of phenolic OH excluding ortho intramolecular Hbond substituents is 1. The van der Waals surface area contributed by atoms with Crippen molar-refractivity contribution in [2.75, 3.05) is 17.2 Å². The number of amides is 1. The monoisotopic (exact) mass is 634 g/mol. The van der Waals surface area contributed by atoms with E-state index >= 15 is 0 Å². The highest BCUT2D eigenvalue weighted by Crippen LogP contribution is 2.44. The average Bonchev–Trinajstić information content (AvgIpc) is 2.94. The lowest BCUT2D eigenvalue weighted by Crippen LogP contribution is -2.37. The number of nitrogens with one attached hydrogen (secondary N) is 3.